The summed E-state index contributed by atoms with van der Waals surface area (Å²) in [6.07, 6.45) is 2.88. The minimum atomic E-state index is -0.00478. The fourth-order valence-corrected chi connectivity index (χ4v) is 2.45. The van der Waals surface area contributed by atoms with Gasteiger partial charge in [-0.25, -0.2) is 4.99 Å². The van der Waals surface area contributed by atoms with Gasteiger partial charge in [0.15, 0.2) is 5.96 Å². The third-order valence-corrected chi connectivity index (χ3v) is 3.94. The molecule has 140 valence electrons. The lowest BCUT2D eigenvalue weighted by atomic mass is 10.2. The van der Waals surface area contributed by atoms with Gasteiger partial charge in [-0.15, -0.1) is 0 Å². The maximum Gasteiger partial charge on any atom is 0.241 e. The maximum absolute atomic E-state index is 11.9. The molecule has 1 heterocycles. The zero-order chi connectivity index (χ0) is 18.9. The molecule has 2 N–H and O–H groups in total. The van der Waals surface area contributed by atoms with Crippen LogP contribution in [0.1, 0.15) is 23.7 Å². The summed E-state index contributed by atoms with van der Waals surface area (Å²) >= 11 is 0. The number of aromatic nitrogens is 2. The van der Waals surface area contributed by atoms with Crippen LogP contribution in [0.4, 0.5) is 0 Å². The molecule has 1 aromatic carbocycles. The molecular weight excluding hydrogens is 328 g/mol. The number of rotatable bonds is 7. The summed E-state index contributed by atoms with van der Waals surface area (Å²) in [4.78, 5) is 18.0. The summed E-state index contributed by atoms with van der Waals surface area (Å²) in [7, 11) is 5.39. The van der Waals surface area contributed by atoms with Crippen LogP contribution in [-0.4, -0.2) is 47.2 Å². The van der Waals surface area contributed by atoms with Crippen molar-refractivity contribution in [2.24, 2.45) is 12.0 Å². The SMILES string of the molecule is CCc1nn(C)cc1CNC(=NCc1ccccc1)NCC(=O)N(C)C. The van der Waals surface area contributed by atoms with Crippen LogP contribution >= 0.6 is 0 Å². The monoisotopic (exact) mass is 356 g/mol. The van der Waals surface area contributed by atoms with Gasteiger partial charge in [0.1, 0.15) is 0 Å². The second kappa shape index (κ2) is 9.60. The first-order valence-corrected chi connectivity index (χ1v) is 8.77. The number of guanidine groups is 1. The van der Waals surface area contributed by atoms with Gasteiger partial charge in [-0.3, -0.25) is 9.48 Å². The van der Waals surface area contributed by atoms with Gasteiger partial charge in [-0.1, -0.05) is 37.3 Å². The van der Waals surface area contributed by atoms with E-state index in [1.807, 2.05) is 48.3 Å². The number of aryl methyl sites for hydroxylation is 2. The normalized spacial score (nSPS) is 11.3. The Morgan fingerprint density at radius 1 is 1.23 bits per heavy atom. The van der Waals surface area contributed by atoms with Crippen LogP contribution in [-0.2, 0) is 31.4 Å². The highest BCUT2D eigenvalue weighted by molar-refractivity contribution is 5.86. The van der Waals surface area contributed by atoms with E-state index in [1.54, 1.807) is 19.0 Å². The van der Waals surface area contributed by atoms with Gasteiger partial charge in [0, 0.05) is 39.4 Å². The minimum Gasteiger partial charge on any atom is -0.352 e. The lowest BCUT2D eigenvalue weighted by molar-refractivity contribution is -0.127. The van der Waals surface area contributed by atoms with Crippen LogP contribution in [0.2, 0.25) is 0 Å². The second-order valence-electron chi connectivity index (χ2n) is 6.27. The largest absolute Gasteiger partial charge is 0.352 e. The first-order chi connectivity index (χ1) is 12.5. The summed E-state index contributed by atoms with van der Waals surface area (Å²) < 4.78 is 1.82. The van der Waals surface area contributed by atoms with Gasteiger partial charge in [0.2, 0.25) is 5.91 Å². The molecule has 2 aromatic rings. The van der Waals surface area contributed by atoms with E-state index in [0.29, 0.717) is 19.0 Å². The van der Waals surface area contributed by atoms with Gasteiger partial charge >= 0.3 is 0 Å². The van der Waals surface area contributed by atoms with E-state index in [9.17, 15) is 4.79 Å². The highest BCUT2D eigenvalue weighted by atomic mass is 16.2. The number of nitrogens with zero attached hydrogens (tertiary/aromatic N) is 4. The number of hydrogen-bond donors (Lipinski definition) is 2. The second-order valence-corrected chi connectivity index (χ2v) is 6.27. The maximum atomic E-state index is 11.9. The van der Waals surface area contributed by atoms with Crippen molar-refractivity contribution >= 4 is 11.9 Å². The molecule has 2 rings (SSSR count). The molecule has 1 amide bonds. The Kier molecular flexibility index (Phi) is 7.20. The number of amides is 1. The topological polar surface area (TPSA) is 74.5 Å². The Balaban J connectivity index is 2.04. The molecule has 7 heteroatoms. The molecule has 0 unspecified atom stereocenters. The number of carbonyl (C=O) groups excluding carboxylic acids is 1. The molecule has 0 radical (unpaired) electrons. The van der Waals surface area contributed by atoms with Gasteiger partial charge < -0.3 is 15.5 Å². The number of aliphatic imine (C=N–C) groups is 1. The molecule has 0 saturated carbocycles. The fraction of sp³-hybridized carbons (Fsp3) is 0.421. The summed E-state index contributed by atoms with van der Waals surface area (Å²) in [6, 6.07) is 10.0. The molecule has 0 atom stereocenters. The Bertz CT molecular complexity index is 736. The van der Waals surface area contributed by atoms with Crippen LogP contribution < -0.4 is 10.6 Å². The molecule has 0 aliphatic heterocycles. The third-order valence-electron chi connectivity index (χ3n) is 3.94. The average molecular weight is 356 g/mol. The van der Waals surface area contributed by atoms with Gasteiger partial charge in [-0.05, 0) is 12.0 Å². The molecule has 0 fully saturated rings. The molecular formula is C19H28N6O. The van der Waals surface area contributed by atoms with Crippen LogP contribution in [0.3, 0.4) is 0 Å². The van der Waals surface area contributed by atoms with Crippen molar-refractivity contribution < 1.29 is 4.79 Å². The van der Waals surface area contributed by atoms with Crippen LogP contribution in [0.5, 0.6) is 0 Å². The van der Waals surface area contributed by atoms with Crippen LogP contribution in [0, 0.1) is 0 Å². The third kappa shape index (κ3) is 5.91. The minimum absolute atomic E-state index is 0.00478. The number of nitrogens with one attached hydrogen (secondary N) is 2. The Morgan fingerprint density at radius 3 is 2.62 bits per heavy atom. The van der Waals surface area contributed by atoms with E-state index in [1.165, 1.54) is 0 Å². The van der Waals surface area contributed by atoms with E-state index in [-0.39, 0.29) is 12.5 Å². The molecule has 7 nitrogen and oxygen atoms in total. The molecule has 0 aliphatic rings. The number of likely N-dealkylation sites (N-methyl/N-ethyl adjacent to an activating group) is 1. The molecule has 26 heavy (non-hydrogen) atoms. The quantitative estimate of drug-likeness (QED) is 0.579. The first kappa shape index (κ1) is 19.5. The predicted octanol–water partition coefficient (Wildman–Crippen LogP) is 1.31. The van der Waals surface area contributed by atoms with Gasteiger partial charge in [0.05, 0.1) is 18.8 Å². The molecule has 0 bridgehead atoms. The van der Waals surface area contributed by atoms with Crippen molar-refractivity contribution in [3.63, 3.8) is 0 Å². The highest BCUT2D eigenvalue weighted by Crippen LogP contribution is 2.06. The van der Waals surface area contributed by atoms with E-state index in [0.717, 1.165) is 23.2 Å². The molecule has 0 saturated heterocycles. The average Bonchev–Trinajstić information content (AvgIpc) is 3.01. The number of hydrogen-bond acceptors (Lipinski definition) is 3. The van der Waals surface area contributed by atoms with Crippen molar-refractivity contribution in [3.8, 4) is 0 Å². The molecule has 0 spiro atoms. The van der Waals surface area contributed by atoms with E-state index in [4.69, 9.17) is 0 Å². The lowest BCUT2D eigenvalue weighted by Gasteiger charge is -2.15. The van der Waals surface area contributed by atoms with Crippen molar-refractivity contribution in [2.45, 2.75) is 26.4 Å². The fourth-order valence-electron chi connectivity index (χ4n) is 2.45. The van der Waals surface area contributed by atoms with Crippen molar-refractivity contribution in [3.05, 3.63) is 53.3 Å². The summed E-state index contributed by atoms with van der Waals surface area (Å²) in [5.74, 6) is 0.602. The Hall–Kier alpha value is -2.83. The predicted molar refractivity (Wildman–Crippen MR) is 104 cm³/mol. The smallest absolute Gasteiger partial charge is 0.241 e. The van der Waals surface area contributed by atoms with E-state index in [2.05, 4.69) is 27.6 Å². The lowest BCUT2D eigenvalue weighted by Crippen LogP contribution is -2.42. The van der Waals surface area contributed by atoms with Crippen LogP contribution in [0.25, 0.3) is 0 Å². The summed E-state index contributed by atoms with van der Waals surface area (Å²) in [6.45, 7) is 3.43. The first-order valence-electron chi connectivity index (χ1n) is 8.77. The zero-order valence-corrected chi connectivity index (χ0v) is 16.0. The molecule has 0 aliphatic carbocycles. The van der Waals surface area contributed by atoms with Gasteiger partial charge in [0.25, 0.3) is 0 Å². The van der Waals surface area contributed by atoms with Crippen LogP contribution in [0.15, 0.2) is 41.5 Å². The van der Waals surface area contributed by atoms with Crippen molar-refractivity contribution in [1.82, 2.24) is 25.3 Å². The highest BCUT2D eigenvalue weighted by Gasteiger charge is 2.09. The van der Waals surface area contributed by atoms with Gasteiger partial charge in [-0.2, -0.15) is 5.10 Å². The zero-order valence-electron chi connectivity index (χ0n) is 16.0. The van der Waals surface area contributed by atoms with E-state index >= 15 is 0 Å². The number of carbonyl (C=O) groups is 1. The Morgan fingerprint density at radius 2 is 1.96 bits per heavy atom. The van der Waals surface area contributed by atoms with E-state index < -0.39 is 0 Å². The summed E-state index contributed by atoms with van der Waals surface area (Å²) in [5.41, 5.74) is 3.30. The van der Waals surface area contributed by atoms with Crippen molar-refractivity contribution in [2.75, 3.05) is 20.6 Å². The number of benzene rings is 1. The molecule has 1 aromatic heterocycles. The Labute approximate surface area is 155 Å². The summed E-state index contributed by atoms with van der Waals surface area (Å²) in [5, 5.41) is 10.9. The standard InChI is InChI=1S/C19H28N6O/c1-5-17-16(14-25(4)23-17)12-21-19(22-13-18(26)24(2)3)20-11-15-9-7-6-8-10-15/h6-10,14H,5,11-13H2,1-4H3,(H2,20,21,22). The van der Waals surface area contributed by atoms with Crippen molar-refractivity contribution in [1.29, 1.82) is 0 Å².